The van der Waals surface area contributed by atoms with Gasteiger partial charge in [0.1, 0.15) is 5.82 Å². The average Bonchev–Trinajstić information content (AvgIpc) is 3.06. The van der Waals surface area contributed by atoms with Crippen molar-refractivity contribution in [3.63, 3.8) is 0 Å². The second-order valence-corrected chi connectivity index (χ2v) is 6.41. The van der Waals surface area contributed by atoms with E-state index in [4.69, 9.17) is 4.74 Å². The van der Waals surface area contributed by atoms with Gasteiger partial charge in [-0.2, -0.15) is 0 Å². The van der Waals surface area contributed by atoms with Crippen LogP contribution >= 0.6 is 0 Å². The lowest BCUT2D eigenvalue weighted by molar-refractivity contribution is 0.0398. The minimum atomic E-state index is 0.640. The number of nitrogens with zero attached hydrogens (tertiary/aromatic N) is 6. The topological polar surface area (TPSA) is 81.0 Å². The van der Waals surface area contributed by atoms with Gasteiger partial charge < -0.3 is 10.1 Å². The summed E-state index contributed by atoms with van der Waals surface area (Å²) in [4.78, 5) is 11.5. The van der Waals surface area contributed by atoms with Crippen LogP contribution in [0.2, 0.25) is 0 Å². The van der Waals surface area contributed by atoms with Crippen LogP contribution in [0.1, 0.15) is 11.4 Å². The Labute approximate surface area is 152 Å². The van der Waals surface area contributed by atoms with E-state index in [1.165, 1.54) is 0 Å². The summed E-state index contributed by atoms with van der Waals surface area (Å²) >= 11 is 0. The third kappa shape index (κ3) is 3.81. The fourth-order valence-electron chi connectivity index (χ4n) is 3.11. The van der Waals surface area contributed by atoms with Gasteiger partial charge >= 0.3 is 0 Å². The van der Waals surface area contributed by atoms with Crippen molar-refractivity contribution in [2.45, 2.75) is 13.5 Å². The summed E-state index contributed by atoms with van der Waals surface area (Å²) in [6.07, 6.45) is 0. The van der Waals surface area contributed by atoms with Gasteiger partial charge in [-0.3, -0.25) is 4.90 Å². The van der Waals surface area contributed by atoms with Crippen molar-refractivity contribution in [1.82, 2.24) is 29.9 Å². The highest BCUT2D eigenvalue weighted by atomic mass is 16.5. The molecule has 26 heavy (non-hydrogen) atoms. The van der Waals surface area contributed by atoms with E-state index in [0.717, 1.165) is 56.4 Å². The fraction of sp³-hybridized carbons (Fsp3) is 0.444. The highest BCUT2D eigenvalue weighted by molar-refractivity contribution is 5.82. The lowest BCUT2D eigenvalue weighted by Crippen LogP contribution is -2.39. The van der Waals surface area contributed by atoms with Crippen molar-refractivity contribution in [2.24, 2.45) is 0 Å². The molecule has 0 saturated carbocycles. The molecule has 8 heteroatoms. The van der Waals surface area contributed by atoms with Crippen molar-refractivity contribution < 1.29 is 4.74 Å². The molecule has 1 fully saturated rings. The maximum Gasteiger partial charge on any atom is 0.184 e. The SMILES string of the molecule is Cc1nc(NCCN2CCOCC2)c2nnn(Cc3ccccc3)c2n1. The number of aromatic nitrogens is 5. The summed E-state index contributed by atoms with van der Waals surface area (Å²) < 4.78 is 7.21. The fourth-order valence-corrected chi connectivity index (χ4v) is 3.11. The summed E-state index contributed by atoms with van der Waals surface area (Å²) in [6, 6.07) is 10.2. The molecule has 136 valence electrons. The molecule has 1 aromatic carbocycles. The molecule has 0 aliphatic carbocycles. The quantitative estimate of drug-likeness (QED) is 0.716. The van der Waals surface area contributed by atoms with E-state index < -0.39 is 0 Å². The number of hydrogen-bond donors (Lipinski definition) is 1. The smallest absolute Gasteiger partial charge is 0.184 e. The van der Waals surface area contributed by atoms with Gasteiger partial charge in [0.2, 0.25) is 0 Å². The number of hydrogen-bond acceptors (Lipinski definition) is 7. The molecule has 1 aliphatic rings. The molecule has 3 heterocycles. The van der Waals surface area contributed by atoms with E-state index in [1.54, 1.807) is 0 Å². The van der Waals surface area contributed by atoms with Crippen LogP contribution in [0.25, 0.3) is 11.2 Å². The van der Waals surface area contributed by atoms with E-state index in [2.05, 4.69) is 42.6 Å². The van der Waals surface area contributed by atoms with Gasteiger partial charge in [-0.05, 0) is 12.5 Å². The molecule has 8 nitrogen and oxygen atoms in total. The van der Waals surface area contributed by atoms with Crippen LogP contribution in [0.15, 0.2) is 30.3 Å². The Kier molecular flexibility index (Phi) is 5.03. The molecular formula is C18H23N7O. The Morgan fingerprint density at radius 1 is 1.12 bits per heavy atom. The summed E-state index contributed by atoms with van der Waals surface area (Å²) in [5, 5.41) is 12.0. The minimum absolute atomic E-state index is 0.640. The standard InChI is InChI=1S/C18H23N7O/c1-14-20-17(19-7-8-24-9-11-26-12-10-24)16-18(21-14)25(23-22-16)13-15-5-3-2-4-6-15/h2-6H,7-13H2,1H3,(H,19,20,21). The number of ether oxygens (including phenoxy) is 1. The Morgan fingerprint density at radius 3 is 2.73 bits per heavy atom. The zero-order valence-corrected chi connectivity index (χ0v) is 14.9. The molecule has 0 spiro atoms. The Morgan fingerprint density at radius 2 is 1.92 bits per heavy atom. The van der Waals surface area contributed by atoms with Crippen molar-refractivity contribution >= 4 is 17.0 Å². The maximum absolute atomic E-state index is 5.39. The van der Waals surface area contributed by atoms with E-state index in [0.29, 0.717) is 17.9 Å². The van der Waals surface area contributed by atoms with Gasteiger partial charge in [-0.15, -0.1) is 5.10 Å². The molecule has 0 radical (unpaired) electrons. The van der Waals surface area contributed by atoms with E-state index in [9.17, 15) is 0 Å². The van der Waals surface area contributed by atoms with Gasteiger partial charge in [0, 0.05) is 26.2 Å². The van der Waals surface area contributed by atoms with Crippen LogP contribution in [0.3, 0.4) is 0 Å². The van der Waals surface area contributed by atoms with Crippen LogP contribution in [0.4, 0.5) is 5.82 Å². The first kappa shape index (κ1) is 16.9. The van der Waals surface area contributed by atoms with Crippen LogP contribution in [0.5, 0.6) is 0 Å². The van der Waals surface area contributed by atoms with Gasteiger partial charge in [-0.1, -0.05) is 35.5 Å². The predicted molar refractivity (Wildman–Crippen MR) is 99.1 cm³/mol. The highest BCUT2D eigenvalue weighted by Crippen LogP contribution is 2.18. The number of aryl methyl sites for hydroxylation is 1. The zero-order chi connectivity index (χ0) is 17.8. The molecular weight excluding hydrogens is 330 g/mol. The molecule has 3 aromatic rings. The van der Waals surface area contributed by atoms with E-state index >= 15 is 0 Å². The van der Waals surface area contributed by atoms with Crippen LogP contribution in [0, 0.1) is 6.92 Å². The largest absolute Gasteiger partial charge is 0.379 e. The molecule has 2 aromatic heterocycles. The average molecular weight is 353 g/mol. The summed E-state index contributed by atoms with van der Waals surface area (Å²) in [7, 11) is 0. The molecule has 1 N–H and O–H groups in total. The van der Waals surface area contributed by atoms with Crippen molar-refractivity contribution in [3.8, 4) is 0 Å². The minimum Gasteiger partial charge on any atom is -0.379 e. The van der Waals surface area contributed by atoms with Crippen molar-refractivity contribution in [1.29, 1.82) is 0 Å². The van der Waals surface area contributed by atoms with E-state index in [1.807, 2.05) is 29.8 Å². The number of anilines is 1. The molecule has 0 atom stereocenters. The first-order valence-electron chi connectivity index (χ1n) is 8.95. The van der Waals surface area contributed by atoms with Crippen molar-refractivity contribution in [2.75, 3.05) is 44.7 Å². The van der Waals surface area contributed by atoms with Gasteiger partial charge in [0.25, 0.3) is 0 Å². The van der Waals surface area contributed by atoms with Crippen LogP contribution in [-0.4, -0.2) is 69.3 Å². The van der Waals surface area contributed by atoms with Crippen molar-refractivity contribution in [3.05, 3.63) is 41.7 Å². The van der Waals surface area contributed by atoms with Crippen LogP contribution in [-0.2, 0) is 11.3 Å². The lowest BCUT2D eigenvalue weighted by Gasteiger charge is -2.26. The molecule has 4 rings (SSSR count). The second-order valence-electron chi connectivity index (χ2n) is 6.41. The van der Waals surface area contributed by atoms with Gasteiger partial charge in [-0.25, -0.2) is 14.6 Å². The van der Waals surface area contributed by atoms with E-state index in [-0.39, 0.29) is 0 Å². The monoisotopic (exact) mass is 353 g/mol. The number of nitrogens with one attached hydrogen (secondary N) is 1. The molecule has 0 unspecified atom stereocenters. The predicted octanol–water partition coefficient (Wildman–Crippen LogP) is 1.32. The first-order valence-corrected chi connectivity index (χ1v) is 8.95. The third-order valence-electron chi connectivity index (χ3n) is 4.47. The normalized spacial score (nSPS) is 15.4. The van der Waals surface area contributed by atoms with Gasteiger partial charge in [0.15, 0.2) is 17.0 Å². The number of fused-ring (bicyclic) bond motifs is 1. The Hall–Kier alpha value is -2.58. The summed E-state index contributed by atoms with van der Waals surface area (Å²) in [5.41, 5.74) is 2.64. The third-order valence-corrected chi connectivity index (χ3v) is 4.47. The highest BCUT2D eigenvalue weighted by Gasteiger charge is 2.14. The number of benzene rings is 1. The molecule has 0 bridgehead atoms. The summed E-state index contributed by atoms with van der Waals surface area (Å²) in [6.45, 7) is 7.87. The van der Waals surface area contributed by atoms with Gasteiger partial charge in [0.05, 0.1) is 19.8 Å². The first-order chi connectivity index (χ1) is 12.8. The maximum atomic E-state index is 5.39. The Bertz CT molecular complexity index is 859. The zero-order valence-electron chi connectivity index (χ0n) is 14.9. The molecule has 0 amide bonds. The lowest BCUT2D eigenvalue weighted by atomic mass is 10.2. The number of morpholine rings is 1. The number of rotatable bonds is 6. The molecule has 1 saturated heterocycles. The molecule has 1 aliphatic heterocycles. The second kappa shape index (κ2) is 7.76. The summed E-state index contributed by atoms with van der Waals surface area (Å²) in [5.74, 6) is 1.46. The van der Waals surface area contributed by atoms with Crippen LogP contribution < -0.4 is 5.32 Å². The Balaban J connectivity index is 1.50.